The van der Waals surface area contributed by atoms with Crippen molar-refractivity contribution in [1.29, 1.82) is 0 Å². The Bertz CT molecular complexity index is 738. The molecular formula is C10H7ClF3N3O2S. The first-order valence-electron chi connectivity index (χ1n) is 5.08. The monoisotopic (exact) mass is 325 g/mol. The second-order valence-corrected chi connectivity index (χ2v) is 6.29. The van der Waals surface area contributed by atoms with Gasteiger partial charge in [-0.25, -0.2) is 18.1 Å². The summed E-state index contributed by atoms with van der Waals surface area (Å²) >= 11 is 5.66. The van der Waals surface area contributed by atoms with Crippen LogP contribution < -0.4 is 0 Å². The summed E-state index contributed by atoms with van der Waals surface area (Å²) in [5.74, 6) is -0.0158. The van der Waals surface area contributed by atoms with Gasteiger partial charge in [-0.3, -0.25) is 0 Å². The molecule has 0 aromatic carbocycles. The van der Waals surface area contributed by atoms with E-state index < -0.39 is 21.7 Å². The fraction of sp³-hybridized carbons (Fsp3) is 0.200. The Morgan fingerprint density at radius 1 is 1.30 bits per heavy atom. The van der Waals surface area contributed by atoms with Gasteiger partial charge in [0, 0.05) is 18.5 Å². The van der Waals surface area contributed by atoms with Gasteiger partial charge >= 0.3 is 6.18 Å². The molecule has 0 spiro atoms. The molecule has 0 aliphatic heterocycles. The molecule has 0 radical (unpaired) electrons. The van der Waals surface area contributed by atoms with Gasteiger partial charge in [0.1, 0.15) is 5.15 Å². The number of sulfone groups is 1. The zero-order valence-corrected chi connectivity index (χ0v) is 11.5. The summed E-state index contributed by atoms with van der Waals surface area (Å²) in [5, 5.41) is 3.01. The zero-order chi connectivity index (χ0) is 15.1. The molecule has 5 nitrogen and oxygen atoms in total. The van der Waals surface area contributed by atoms with Gasteiger partial charge in [-0.05, 0) is 12.1 Å². The minimum atomic E-state index is -4.62. The van der Waals surface area contributed by atoms with Crippen molar-refractivity contribution in [1.82, 2.24) is 14.8 Å². The SMILES string of the molecule is CS(=O)(=O)c1ccc(-n2nc(C(F)(F)F)cc2Cl)nc1. The Labute approximate surface area is 116 Å². The summed E-state index contributed by atoms with van der Waals surface area (Å²) < 4.78 is 60.7. The van der Waals surface area contributed by atoms with Crippen LogP contribution in [0.4, 0.5) is 13.2 Å². The molecule has 0 aliphatic carbocycles. The Kier molecular flexibility index (Phi) is 3.51. The molecule has 2 rings (SSSR count). The van der Waals surface area contributed by atoms with E-state index in [1.165, 1.54) is 12.1 Å². The van der Waals surface area contributed by atoms with E-state index in [1.807, 2.05) is 0 Å². The number of pyridine rings is 1. The lowest BCUT2D eigenvalue weighted by Gasteiger charge is -2.04. The third kappa shape index (κ3) is 2.93. The van der Waals surface area contributed by atoms with Crippen molar-refractivity contribution in [3.05, 3.63) is 35.2 Å². The van der Waals surface area contributed by atoms with Gasteiger partial charge < -0.3 is 0 Å². The lowest BCUT2D eigenvalue weighted by Crippen LogP contribution is -2.08. The summed E-state index contributed by atoms with van der Waals surface area (Å²) in [6.45, 7) is 0. The van der Waals surface area contributed by atoms with Crippen molar-refractivity contribution in [3.63, 3.8) is 0 Å². The molecule has 10 heteroatoms. The summed E-state index contributed by atoms with van der Waals surface area (Å²) in [4.78, 5) is 3.69. The van der Waals surface area contributed by atoms with Gasteiger partial charge in [-0.15, -0.1) is 0 Å². The lowest BCUT2D eigenvalue weighted by atomic mass is 10.4. The van der Waals surface area contributed by atoms with Gasteiger partial charge in [0.2, 0.25) is 0 Å². The van der Waals surface area contributed by atoms with E-state index in [1.54, 1.807) is 0 Å². The largest absolute Gasteiger partial charge is 0.435 e. The van der Waals surface area contributed by atoms with Crippen molar-refractivity contribution in [2.24, 2.45) is 0 Å². The highest BCUT2D eigenvalue weighted by molar-refractivity contribution is 7.90. The number of aromatic nitrogens is 3. The van der Waals surface area contributed by atoms with Crippen molar-refractivity contribution in [2.45, 2.75) is 11.1 Å². The number of hydrogen-bond acceptors (Lipinski definition) is 4. The van der Waals surface area contributed by atoms with Gasteiger partial charge in [0.25, 0.3) is 0 Å². The minimum absolute atomic E-state index is 0.0158. The van der Waals surface area contributed by atoms with Crippen molar-refractivity contribution in [2.75, 3.05) is 6.26 Å². The van der Waals surface area contributed by atoms with Crippen LogP contribution in [-0.2, 0) is 16.0 Å². The zero-order valence-electron chi connectivity index (χ0n) is 9.89. The molecular weight excluding hydrogens is 319 g/mol. The van der Waals surface area contributed by atoms with E-state index in [0.717, 1.165) is 17.1 Å². The van der Waals surface area contributed by atoms with Crippen LogP contribution >= 0.6 is 11.6 Å². The molecule has 0 N–H and O–H groups in total. The Hall–Kier alpha value is -1.61. The molecule has 0 atom stereocenters. The number of hydrogen-bond donors (Lipinski definition) is 0. The van der Waals surface area contributed by atoms with Gasteiger partial charge in [0.05, 0.1) is 4.90 Å². The van der Waals surface area contributed by atoms with E-state index in [-0.39, 0.29) is 15.9 Å². The van der Waals surface area contributed by atoms with Crippen molar-refractivity contribution < 1.29 is 21.6 Å². The van der Waals surface area contributed by atoms with E-state index in [2.05, 4.69) is 10.1 Å². The average molecular weight is 326 g/mol. The Balaban J connectivity index is 2.45. The summed E-state index contributed by atoms with van der Waals surface area (Å²) in [7, 11) is -3.44. The minimum Gasteiger partial charge on any atom is -0.236 e. The predicted molar refractivity (Wildman–Crippen MR) is 64.5 cm³/mol. The number of alkyl halides is 3. The van der Waals surface area contributed by atoms with Crippen LogP contribution in [0, 0.1) is 0 Å². The first-order chi connectivity index (χ1) is 9.09. The highest BCUT2D eigenvalue weighted by Crippen LogP contribution is 2.30. The smallest absolute Gasteiger partial charge is 0.236 e. The van der Waals surface area contributed by atoms with Crippen molar-refractivity contribution >= 4 is 21.4 Å². The molecule has 0 saturated heterocycles. The van der Waals surface area contributed by atoms with Crippen LogP contribution in [0.3, 0.4) is 0 Å². The molecule has 0 unspecified atom stereocenters. The normalized spacial score (nSPS) is 12.7. The molecule has 2 aromatic heterocycles. The maximum Gasteiger partial charge on any atom is 0.435 e. The molecule has 2 aromatic rings. The highest BCUT2D eigenvalue weighted by atomic mass is 35.5. The summed E-state index contributed by atoms with van der Waals surface area (Å²) in [6.07, 6.45) is -2.61. The molecule has 0 amide bonds. The number of rotatable bonds is 2. The van der Waals surface area contributed by atoms with Gasteiger partial charge in [-0.1, -0.05) is 11.6 Å². The van der Waals surface area contributed by atoms with Crippen LogP contribution in [0.2, 0.25) is 5.15 Å². The fourth-order valence-corrected chi connectivity index (χ4v) is 2.16. The van der Waals surface area contributed by atoms with Crippen LogP contribution in [0.1, 0.15) is 5.69 Å². The molecule has 108 valence electrons. The van der Waals surface area contributed by atoms with Crippen LogP contribution in [0.5, 0.6) is 0 Å². The Morgan fingerprint density at radius 2 is 1.95 bits per heavy atom. The lowest BCUT2D eigenvalue weighted by molar-refractivity contribution is -0.141. The second kappa shape index (κ2) is 4.74. The van der Waals surface area contributed by atoms with Gasteiger partial charge in [-0.2, -0.15) is 18.3 Å². The summed E-state index contributed by atoms with van der Waals surface area (Å²) in [5.41, 5.74) is -1.16. The van der Waals surface area contributed by atoms with E-state index in [0.29, 0.717) is 6.07 Å². The quantitative estimate of drug-likeness (QED) is 0.850. The maximum atomic E-state index is 12.5. The average Bonchev–Trinajstić information content (AvgIpc) is 2.70. The Morgan fingerprint density at radius 3 is 2.35 bits per heavy atom. The first kappa shape index (κ1) is 14.8. The summed E-state index contributed by atoms with van der Waals surface area (Å²) in [6, 6.07) is 3.09. The van der Waals surface area contributed by atoms with E-state index in [9.17, 15) is 21.6 Å². The van der Waals surface area contributed by atoms with Crippen LogP contribution in [-0.4, -0.2) is 29.4 Å². The van der Waals surface area contributed by atoms with Crippen molar-refractivity contribution in [3.8, 4) is 5.82 Å². The molecule has 0 bridgehead atoms. The van der Waals surface area contributed by atoms with Gasteiger partial charge in [0.15, 0.2) is 21.3 Å². The second-order valence-electron chi connectivity index (χ2n) is 3.89. The molecule has 0 saturated carbocycles. The molecule has 0 fully saturated rings. The molecule has 20 heavy (non-hydrogen) atoms. The topological polar surface area (TPSA) is 64.8 Å². The first-order valence-corrected chi connectivity index (χ1v) is 7.35. The molecule has 0 aliphatic rings. The predicted octanol–water partition coefficient (Wildman–Crippen LogP) is 2.34. The number of nitrogens with zero attached hydrogens (tertiary/aromatic N) is 3. The third-order valence-corrected chi connectivity index (χ3v) is 3.69. The van der Waals surface area contributed by atoms with Crippen LogP contribution in [0.25, 0.3) is 5.82 Å². The standard InChI is InChI=1S/C10H7ClF3N3O2S/c1-20(18,19)6-2-3-9(15-5-6)17-8(11)4-7(16-17)10(12,13)14/h2-5H,1H3. The van der Waals surface area contributed by atoms with Crippen LogP contribution in [0.15, 0.2) is 29.3 Å². The maximum absolute atomic E-state index is 12.5. The van der Waals surface area contributed by atoms with E-state index in [4.69, 9.17) is 11.6 Å². The van der Waals surface area contributed by atoms with E-state index >= 15 is 0 Å². The fourth-order valence-electron chi connectivity index (χ4n) is 1.37. The number of halogens is 4. The molecule has 2 heterocycles. The third-order valence-electron chi connectivity index (χ3n) is 2.32. The highest BCUT2D eigenvalue weighted by Gasteiger charge is 2.35.